The lowest BCUT2D eigenvalue weighted by Gasteiger charge is -2.21. The number of rotatable bonds is 5. The predicted octanol–water partition coefficient (Wildman–Crippen LogP) is 2.36. The lowest BCUT2D eigenvalue weighted by molar-refractivity contribution is 0.352. The quantitative estimate of drug-likeness (QED) is 0.901. The third kappa shape index (κ3) is 4.30. The van der Waals surface area contributed by atoms with Crippen molar-refractivity contribution in [1.29, 1.82) is 0 Å². The molecule has 116 valence electrons. The Morgan fingerprint density at radius 3 is 2.43 bits per heavy atom. The third-order valence-corrected chi connectivity index (χ3v) is 4.48. The molecule has 1 aromatic rings. The van der Waals surface area contributed by atoms with E-state index in [0.717, 1.165) is 37.9 Å². The molecule has 5 heteroatoms. The van der Waals surface area contributed by atoms with E-state index >= 15 is 0 Å². The van der Waals surface area contributed by atoms with Crippen LogP contribution in [0.15, 0.2) is 12.3 Å². The van der Waals surface area contributed by atoms with Crippen LogP contribution in [0.5, 0.6) is 0 Å². The van der Waals surface area contributed by atoms with E-state index in [4.69, 9.17) is 0 Å². The third-order valence-electron chi connectivity index (χ3n) is 4.48. The highest BCUT2D eigenvalue weighted by Crippen LogP contribution is 2.17. The Labute approximate surface area is 127 Å². The average Bonchev–Trinajstić information content (AvgIpc) is 2.88. The van der Waals surface area contributed by atoms with Crippen molar-refractivity contribution in [3.8, 4) is 0 Å². The molecule has 2 aliphatic heterocycles. The molecule has 0 aromatic carbocycles. The van der Waals surface area contributed by atoms with Gasteiger partial charge in [0.05, 0.1) is 0 Å². The topological polar surface area (TPSA) is 44.3 Å². The molecule has 1 N–H and O–H groups in total. The zero-order chi connectivity index (χ0) is 14.3. The van der Waals surface area contributed by atoms with Gasteiger partial charge in [0, 0.05) is 32.4 Å². The van der Waals surface area contributed by atoms with Gasteiger partial charge in [0.15, 0.2) is 0 Å². The van der Waals surface area contributed by atoms with Gasteiger partial charge in [-0.05, 0) is 44.8 Å². The lowest BCUT2D eigenvalue weighted by atomic mass is 10.2. The second kappa shape index (κ2) is 7.59. The standard InChI is InChI=1S/C16H27N5/c1-2-4-13-21(12-3-1)15-7-8-17-16(19-15)18-9-14-20-10-5-6-11-20/h7-8H,1-6,9-14H2,(H,17,18,19). The van der Waals surface area contributed by atoms with E-state index < -0.39 is 0 Å². The summed E-state index contributed by atoms with van der Waals surface area (Å²) in [6, 6.07) is 2.04. The maximum atomic E-state index is 4.69. The number of anilines is 2. The first-order valence-electron chi connectivity index (χ1n) is 8.46. The predicted molar refractivity (Wildman–Crippen MR) is 86.9 cm³/mol. The molecule has 3 heterocycles. The van der Waals surface area contributed by atoms with E-state index in [1.165, 1.54) is 51.6 Å². The van der Waals surface area contributed by atoms with Gasteiger partial charge in [-0.2, -0.15) is 4.98 Å². The zero-order valence-electron chi connectivity index (χ0n) is 12.9. The van der Waals surface area contributed by atoms with Crippen LogP contribution in [-0.2, 0) is 0 Å². The first-order chi connectivity index (χ1) is 10.4. The van der Waals surface area contributed by atoms with Gasteiger partial charge in [0.2, 0.25) is 5.95 Å². The van der Waals surface area contributed by atoms with Crippen LogP contribution in [0.1, 0.15) is 38.5 Å². The Bertz CT molecular complexity index is 422. The fourth-order valence-corrected chi connectivity index (χ4v) is 3.24. The summed E-state index contributed by atoms with van der Waals surface area (Å²) in [4.78, 5) is 14.0. The number of hydrogen-bond donors (Lipinski definition) is 1. The van der Waals surface area contributed by atoms with E-state index in [9.17, 15) is 0 Å². The van der Waals surface area contributed by atoms with Gasteiger partial charge in [-0.15, -0.1) is 0 Å². The van der Waals surface area contributed by atoms with Gasteiger partial charge in [-0.1, -0.05) is 12.8 Å². The van der Waals surface area contributed by atoms with E-state index in [1.807, 2.05) is 12.3 Å². The molecule has 0 atom stereocenters. The maximum absolute atomic E-state index is 4.69. The van der Waals surface area contributed by atoms with Crippen LogP contribution in [0.3, 0.4) is 0 Å². The van der Waals surface area contributed by atoms with Crippen molar-refractivity contribution in [2.45, 2.75) is 38.5 Å². The van der Waals surface area contributed by atoms with Crippen molar-refractivity contribution < 1.29 is 0 Å². The second-order valence-electron chi connectivity index (χ2n) is 6.12. The summed E-state index contributed by atoms with van der Waals surface area (Å²) in [5, 5.41) is 3.38. The number of likely N-dealkylation sites (tertiary alicyclic amines) is 1. The number of aromatic nitrogens is 2. The van der Waals surface area contributed by atoms with Gasteiger partial charge in [0.1, 0.15) is 5.82 Å². The van der Waals surface area contributed by atoms with Crippen LogP contribution in [0.4, 0.5) is 11.8 Å². The molecule has 0 aliphatic carbocycles. The number of nitrogens with zero attached hydrogens (tertiary/aromatic N) is 4. The van der Waals surface area contributed by atoms with E-state index in [2.05, 4.69) is 25.1 Å². The highest BCUT2D eigenvalue weighted by Gasteiger charge is 2.13. The largest absolute Gasteiger partial charge is 0.356 e. The first-order valence-corrected chi connectivity index (χ1v) is 8.46. The number of hydrogen-bond acceptors (Lipinski definition) is 5. The Balaban J connectivity index is 1.52. The van der Waals surface area contributed by atoms with Crippen LogP contribution in [0.25, 0.3) is 0 Å². The van der Waals surface area contributed by atoms with Crippen LogP contribution in [0.2, 0.25) is 0 Å². The molecule has 2 aliphatic rings. The Hall–Kier alpha value is -1.36. The molecule has 21 heavy (non-hydrogen) atoms. The molecular weight excluding hydrogens is 262 g/mol. The molecule has 0 amide bonds. The minimum atomic E-state index is 0.774. The van der Waals surface area contributed by atoms with Crippen molar-refractivity contribution in [1.82, 2.24) is 14.9 Å². The Kier molecular flexibility index (Phi) is 5.27. The summed E-state index contributed by atoms with van der Waals surface area (Å²) in [7, 11) is 0. The van der Waals surface area contributed by atoms with Crippen molar-refractivity contribution in [3.05, 3.63) is 12.3 Å². The smallest absolute Gasteiger partial charge is 0.224 e. The molecule has 2 saturated heterocycles. The van der Waals surface area contributed by atoms with E-state index in [1.54, 1.807) is 0 Å². The van der Waals surface area contributed by atoms with Gasteiger partial charge >= 0.3 is 0 Å². The van der Waals surface area contributed by atoms with Gasteiger partial charge in [-0.3, -0.25) is 0 Å². The molecule has 0 radical (unpaired) electrons. The SMILES string of the molecule is c1cc(N2CCCCCC2)nc(NCCN2CCCC2)n1. The van der Waals surface area contributed by atoms with Crippen molar-refractivity contribution in [3.63, 3.8) is 0 Å². The zero-order valence-corrected chi connectivity index (χ0v) is 12.9. The molecule has 3 rings (SSSR count). The van der Waals surface area contributed by atoms with Crippen LogP contribution in [0, 0.1) is 0 Å². The highest BCUT2D eigenvalue weighted by atomic mass is 15.2. The summed E-state index contributed by atoms with van der Waals surface area (Å²) in [5.74, 6) is 1.85. The average molecular weight is 289 g/mol. The van der Waals surface area contributed by atoms with Crippen molar-refractivity contribution in [2.75, 3.05) is 49.5 Å². The van der Waals surface area contributed by atoms with Gasteiger partial charge in [-0.25, -0.2) is 4.98 Å². The monoisotopic (exact) mass is 289 g/mol. The summed E-state index contributed by atoms with van der Waals surface area (Å²) in [6.07, 6.45) is 9.84. The molecule has 0 spiro atoms. The highest BCUT2D eigenvalue weighted by molar-refractivity contribution is 5.42. The second-order valence-corrected chi connectivity index (χ2v) is 6.12. The first kappa shape index (κ1) is 14.6. The summed E-state index contributed by atoms with van der Waals surface area (Å²) in [5.41, 5.74) is 0. The van der Waals surface area contributed by atoms with Crippen LogP contribution in [-0.4, -0.2) is 54.1 Å². The summed E-state index contributed by atoms with van der Waals surface area (Å²) < 4.78 is 0. The van der Waals surface area contributed by atoms with Gasteiger partial charge in [0.25, 0.3) is 0 Å². The molecule has 5 nitrogen and oxygen atoms in total. The number of nitrogens with one attached hydrogen (secondary N) is 1. The van der Waals surface area contributed by atoms with Crippen molar-refractivity contribution >= 4 is 11.8 Å². The Morgan fingerprint density at radius 1 is 0.952 bits per heavy atom. The lowest BCUT2D eigenvalue weighted by Crippen LogP contribution is -2.27. The normalized spacial score (nSPS) is 20.5. The molecular formula is C16H27N5. The molecule has 1 aromatic heterocycles. The summed E-state index contributed by atoms with van der Waals surface area (Å²) in [6.45, 7) is 6.78. The van der Waals surface area contributed by atoms with E-state index in [-0.39, 0.29) is 0 Å². The summed E-state index contributed by atoms with van der Waals surface area (Å²) >= 11 is 0. The van der Waals surface area contributed by atoms with Gasteiger partial charge < -0.3 is 15.1 Å². The molecule has 0 bridgehead atoms. The van der Waals surface area contributed by atoms with Crippen molar-refractivity contribution in [2.24, 2.45) is 0 Å². The fourth-order valence-electron chi connectivity index (χ4n) is 3.24. The molecule has 2 fully saturated rings. The Morgan fingerprint density at radius 2 is 1.67 bits per heavy atom. The maximum Gasteiger partial charge on any atom is 0.224 e. The fraction of sp³-hybridized carbons (Fsp3) is 0.750. The molecule has 0 unspecified atom stereocenters. The molecule has 0 saturated carbocycles. The van der Waals surface area contributed by atoms with E-state index in [0.29, 0.717) is 0 Å². The van der Waals surface area contributed by atoms with Crippen LogP contribution < -0.4 is 10.2 Å². The minimum absolute atomic E-state index is 0.774. The van der Waals surface area contributed by atoms with Crippen LogP contribution >= 0.6 is 0 Å². The minimum Gasteiger partial charge on any atom is -0.356 e.